The Kier molecular flexibility index (Phi) is 4.71. The number of hydrogen-bond donors (Lipinski definition) is 1. The fourth-order valence-corrected chi connectivity index (χ4v) is 2.12. The van der Waals surface area contributed by atoms with Crippen LogP contribution in [0.15, 0.2) is 12.4 Å². The second-order valence-electron chi connectivity index (χ2n) is 5.58. The number of methoxy groups -OCH3 is 1. The second-order valence-corrected chi connectivity index (χ2v) is 5.58. The monoisotopic (exact) mass is 239 g/mol. The minimum atomic E-state index is -0.134. The van der Waals surface area contributed by atoms with Crippen LogP contribution in [0.5, 0.6) is 0 Å². The average Bonchev–Trinajstić information content (AvgIpc) is 2.65. The van der Waals surface area contributed by atoms with Gasteiger partial charge in [-0.2, -0.15) is 5.10 Å². The molecule has 98 valence electrons. The molecule has 17 heavy (non-hydrogen) atoms. The zero-order valence-corrected chi connectivity index (χ0v) is 11.6. The second kappa shape index (κ2) is 5.65. The lowest BCUT2D eigenvalue weighted by molar-refractivity contribution is -0.00245. The molecule has 1 rings (SSSR count). The Balaban J connectivity index is 2.82. The van der Waals surface area contributed by atoms with Gasteiger partial charge in [-0.05, 0) is 11.8 Å². The highest BCUT2D eigenvalue weighted by Crippen LogP contribution is 2.30. The van der Waals surface area contributed by atoms with Crippen molar-refractivity contribution < 1.29 is 4.74 Å². The summed E-state index contributed by atoms with van der Waals surface area (Å²) >= 11 is 0. The van der Waals surface area contributed by atoms with Crippen LogP contribution < -0.4 is 5.73 Å². The molecule has 2 N–H and O–H groups in total. The summed E-state index contributed by atoms with van der Waals surface area (Å²) in [5.41, 5.74) is 7.32. The molecule has 0 aliphatic heterocycles. The largest absolute Gasteiger partial charge is 0.379 e. The normalized spacial score (nSPS) is 15.9. The molecule has 0 fully saturated rings. The van der Waals surface area contributed by atoms with E-state index in [4.69, 9.17) is 10.5 Å². The number of aromatic nitrogens is 2. The molecule has 4 nitrogen and oxygen atoms in total. The fraction of sp³-hybridized carbons (Fsp3) is 0.769. The zero-order chi connectivity index (χ0) is 13.1. The first-order valence-corrected chi connectivity index (χ1v) is 6.21. The van der Waals surface area contributed by atoms with E-state index in [1.165, 1.54) is 0 Å². The Morgan fingerprint density at radius 2 is 2.12 bits per heavy atom. The van der Waals surface area contributed by atoms with E-state index < -0.39 is 0 Å². The van der Waals surface area contributed by atoms with Gasteiger partial charge in [0.2, 0.25) is 0 Å². The minimum Gasteiger partial charge on any atom is -0.379 e. The van der Waals surface area contributed by atoms with Crippen molar-refractivity contribution in [1.82, 2.24) is 9.78 Å². The standard InChI is InChI=1S/C13H25N3O/c1-6-7-16-9-10(8-15-16)11(14)12(17-5)13(2,3)4/h8-9,11-12H,6-7,14H2,1-5H3. The lowest BCUT2D eigenvalue weighted by atomic mass is 9.83. The van der Waals surface area contributed by atoms with Crippen molar-refractivity contribution in [2.75, 3.05) is 7.11 Å². The van der Waals surface area contributed by atoms with Gasteiger partial charge in [-0.1, -0.05) is 27.7 Å². The van der Waals surface area contributed by atoms with Gasteiger partial charge in [0, 0.05) is 25.4 Å². The molecule has 2 atom stereocenters. The van der Waals surface area contributed by atoms with Gasteiger partial charge >= 0.3 is 0 Å². The van der Waals surface area contributed by atoms with Crippen LogP contribution in [0.3, 0.4) is 0 Å². The van der Waals surface area contributed by atoms with Crippen molar-refractivity contribution in [3.63, 3.8) is 0 Å². The Morgan fingerprint density at radius 1 is 1.47 bits per heavy atom. The van der Waals surface area contributed by atoms with Gasteiger partial charge in [-0.3, -0.25) is 4.68 Å². The van der Waals surface area contributed by atoms with Crippen molar-refractivity contribution in [1.29, 1.82) is 0 Å². The van der Waals surface area contributed by atoms with Gasteiger partial charge in [0.15, 0.2) is 0 Å². The SMILES string of the molecule is CCCn1cc(C(N)C(OC)C(C)(C)C)cn1. The summed E-state index contributed by atoms with van der Waals surface area (Å²) in [6.45, 7) is 9.47. The summed E-state index contributed by atoms with van der Waals surface area (Å²) in [5.74, 6) is 0. The zero-order valence-electron chi connectivity index (χ0n) is 11.6. The predicted molar refractivity (Wildman–Crippen MR) is 69.7 cm³/mol. The summed E-state index contributed by atoms with van der Waals surface area (Å²) < 4.78 is 7.47. The van der Waals surface area contributed by atoms with E-state index in [0.29, 0.717) is 0 Å². The summed E-state index contributed by atoms with van der Waals surface area (Å²) in [7, 11) is 1.71. The molecule has 0 aliphatic carbocycles. The lowest BCUT2D eigenvalue weighted by Crippen LogP contribution is -2.38. The Hall–Kier alpha value is -0.870. The molecule has 0 radical (unpaired) electrons. The van der Waals surface area contributed by atoms with Crippen LogP contribution in [-0.2, 0) is 11.3 Å². The number of hydrogen-bond acceptors (Lipinski definition) is 3. The molecule has 0 saturated heterocycles. The quantitative estimate of drug-likeness (QED) is 0.858. The van der Waals surface area contributed by atoms with Crippen molar-refractivity contribution in [2.45, 2.75) is 52.8 Å². The maximum absolute atomic E-state index is 6.27. The van der Waals surface area contributed by atoms with Gasteiger partial charge in [-0.25, -0.2) is 0 Å². The number of rotatable bonds is 5. The van der Waals surface area contributed by atoms with Crippen molar-refractivity contribution >= 4 is 0 Å². The summed E-state index contributed by atoms with van der Waals surface area (Å²) in [6.07, 6.45) is 4.93. The third-order valence-electron chi connectivity index (χ3n) is 2.92. The minimum absolute atomic E-state index is 0.0122. The molecule has 0 saturated carbocycles. The van der Waals surface area contributed by atoms with Gasteiger partial charge < -0.3 is 10.5 Å². The molecule has 1 aromatic heterocycles. The molecule has 1 aromatic rings. The lowest BCUT2D eigenvalue weighted by Gasteiger charge is -2.33. The van der Waals surface area contributed by atoms with Crippen molar-refractivity contribution in [3.05, 3.63) is 18.0 Å². The summed E-state index contributed by atoms with van der Waals surface area (Å²) in [4.78, 5) is 0. The highest BCUT2D eigenvalue weighted by atomic mass is 16.5. The summed E-state index contributed by atoms with van der Waals surface area (Å²) in [6, 6.07) is -0.134. The summed E-state index contributed by atoms with van der Waals surface area (Å²) in [5, 5.41) is 4.31. The molecule has 0 bridgehead atoms. The first-order valence-electron chi connectivity index (χ1n) is 6.21. The number of nitrogens with two attached hydrogens (primary N) is 1. The average molecular weight is 239 g/mol. The molecule has 0 amide bonds. The number of nitrogens with zero attached hydrogens (tertiary/aromatic N) is 2. The van der Waals surface area contributed by atoms with Crippen LogP contribution in [0.25, 0.3) is 0 Å². The van der Waals surface area contributed by atoms with Gasteiger partial charge in [0.1, 0.15) is 0 Å². The van der Waals surface area contributed by atoms with E-state index in [-0.39, 0.29) is 17.6 Å². The van der Waals surface area contributed by atoms with E-state index in [0.717, 1.165) is 18.5 Å². The smallest absolute Gasteiger partial charge is 0.0813 e. The molecule has 1 heterocycles. The van der Waals surface area contributed by atoms with Crippen molar-refractivity contribution in [2.24, 2.45) is 11.1 Å². The Labute approximate surface area is 104 Å². The highest BCUT2D eigenvalue weighted by Gasteiger charge is 2.31. The molecule has 2 unspecified atom stereocenters. The van der Waals surface area contributed by atoms with Crippen molar-refractivity contribution in [3.8, 4) is 0 Å². The number of aryl methyl sites for hydroxylation is 1. The predicted octanol–water partition coefficient (Wildman–Crippen LogP) is 2.35. The number of ether oxygens (including phenoxy) is 1. The van der Waals surface area contributed by atoms with Gasteiger partial charge in [0.25, 0.3) is 0 Å². The first kappa shape index (κ1) is 14.2. The van der Waals surface area contributed by atoms with Crippen LogP contribution in [0.4, 0.5) is 0 Å². The third-order valence-corrected chi connectivity index (χ3v) is 2.92. The van der Waals surface area contributed by atoms with E-state index in [9.17, 15) is 0 Å². The molecular weight excluding hydrogens is 214 g/mol. The van der Waals surface area contributed by atoms with Gasteiger partial charge in [0.05, 0.1) is 18.3 Å². The maximum Gasteiger partial charge on any atom is 0.0813 e. The highest BCUT2D eigenvalue weighted by molar-refractivity contribution is 5.13. The van der Waals surface area contributed by atoms with E-state index in [1.54, 1.807) is 7.11 Å². The fourth-order valence-electron chi connectivity index (χ4n) is 2.12. The van der Waals surface area contributed by atoms with E-state index in [2.05, 4.69) is 32.8 Å². The van der Waals surface area contributed by atoms with Crippen LogP contribution in [0, 0.1) is 5.41 Å². The molecule has 0 spiro atoms. The Morgan fingerprint density at radius 3 is 2.59 bits per heavy atom. The van der Waals surface area contributed by atoms with Crippen LogP contribution in [0.2, 0.25) is 0 Å². The Bertz CT molecular complexity index is 341. The topological polar surface area (TPSA) is 53.1 Å². The first-order chi connectivity index (χ1) is 7.90. The molecule has 0 aromatic carbocycles. The van der Waals surface area contributed by atoms with E-state index >= 15 is 0 Å². The maximum atomic E-state index is 6.27. The van der Waals surface area contributed by atoms with Crippen LogP contribution in [-0.4, -0.2) is 23.0 Å². The molecule has 4 heteroatoms. The third kappa shape index (κ3) is 3.54. The van der Waals surface area contributed by atoms with E-state index in [1.807, 2.05) is 17.1 Å². The van der Waals surface area contributed by atoms with Gasteiger partial charge in [-0.15, -0.1) is 0 Å². The molecular formula is C13H25N3O. The molecule has 0 aliphatic rings. The van der Waals surface area contributed by atoms with Crippen LogP contribution >= 0.6 is 0 Å². The van der Waals surface area contributed by atoms with Crippen LogP contribution in [0.1, 0.15) is 45.7 Å².